The fraction of sp³-hybridized carbons (Fsp3) is 0.143. The number of nitrogens with two attached hydrogens (primary N) is 1. The molecular formula is C7H7Br2N. The van der Waals surface area contributed by atoms with E-state index in [4.69, 9.17) is 5.73 Å². The quantitative estimate of drug-likeness (QED) is 0.716. The van der Waals surface area contributed by atoms with Crippen LogP contribution in [0.4, 0.5) is 5.69 Å². The monoisotopic (exact) mass is 263 g/mol. The Labute approximate surface area is 76.9 Å². The van der Waals surface area contributed by atoms with Crippen LogP contribution < -0.4 is 5.73 Å². The predicted octanol–water partition coefficient (Wildman–Crippen LogP) is 3.10. The fourth-order valence-corrected chi connectivity index (χ4v) is 1.46. The Hall–Kier alpha value is -0.0200. The summed E-state index contributed by atoms with van der Waals surface area (Å²) in [5.41, 5.74) is 7.53. The van der Waals surface area contributed by atoms with Crippen molar-refractivity contribution in [3.05, 3.63) is 26.6 Å². The highest BCUT2D eigenvalue weighted by atomic mass is 79.9. The molecule has 0 aliphatic carbocycles. The van der Waals surface area contributed by atoms with E-state index < -0.39 is 0 Å². The Morgan fingerprint density at radius 3 is 2.40 bits per heavy atom. The molecule has 1 aromatic carbocycles. The number of halogens is 2. The number of hydrogen-bond donors (Lipinski definition) is 1. The second-order valence-electron chi connectivity index (χ2n) is 2.08. The molecule has 0 radical (unpaired) electrons. The molecule has 0 saturated heterocycles. The third kappa shape index (κ3) is 1.35. The molecule has 0 amide bonds. The van der Waals surface area contributed by atoms with Gasteiger partial charge in [-0.25, -0.2) is 0 Å². The smallest absolute Gasteiger partial charge is 0.0367 e. The summed E-state index contributed by atoms with van der Waals surface area (Å²) in [5, 5.41) is 0. The topological polar surface area (TPSA) is 26.0 Å². The highest BCUT2D eigenvalue weighted by Gasteiger charge is 2.01. The lowest BCUT2D eigenvalue weighted by Gasteiger charge is -2.03. The normalized spacial score (nSPS) is 9.90. The van der Waals surface area contributed by atoms with E-state index in [1.807, 2.05) is 19.1 Å². The molecule has 0 atom stereocenters. The zero-order chi connectivity index (χ0) is 7.72. The molecule has 0 bridgehead atoms. The van der Waals surface area contributed by atoms with E-state index >= 15 is 0 Å². The number of nitrogen functional groups attached to an aromatic ring is 1. The molecule has 0 heterocycles. The van der Waals surface area contributed by atoms with Crippen molar-refractivity contribution in [1.82, 2.24) is 0 Å². The maximum Gasteiger partial charge on any atom is 0.0367 e. The highest BCUT2D eigenvalue weighted by molar-refractivity contribution is 9.13. The van der Waals surface area contributed by atoms with Crippen LogP contribution in [-0.4, -0.2) is 0 Å². The molecule has 1 rings (SSSR count). The molecule has 1 aromatic rings. The number of rotatable bonds is 0. The van der Waals surface area contributed by atoms with E-state index in [1.165, 1.54) is 0 Å². The first kappa shape index (κ1) is 8.08. The van der Waals surface area contributed by atoms with Crippen LogP contribution in [0.1, 0.15) is 5.56 Å². The Kier molecular flexibility index (Phi) is 2.36. The molecule has 2 N–H and O–H groups in total. The minimum Gasteiger partial charge on any atom is -0.398 e. The van der Waals surface area contributed by atoms with Gasteiger partial charge in [0.05, 0.1) is 0 Å². The van der Waals surface area contributed by atoms with Crippen LogP contribution in [0.5, 0.6) is 0 Å². The van der Waals surface area contributed by atoms with E-state index in [9.17, 15) is 0 Å². The summed E-state index contributed by atoms with van der Waals surface area (Å²) >= 11 is 6.78. The standard InChI is InChI=1S/C7H7Br2N/c1-4-6(10)3-2-5(8)7(4)9/h2-3H,10H2,1H3. The molecule has 10 heavy (non-hydrogen) atoms. The lowest BCUT2D eigenvalue weighted by molar-refractivity contribution is 1.41. The second kappa shape index (κ2) is 2.93. The molecule has 3 heteroatoms. The van der Waals surface area contributed by atoms with E-state index in [0.717, 1.165) is 20.2 Å². The predicted molar refractivity (Wildman–Crippen MR) is 51.0 cm³/mol. The molecule has 0 aliphatic rings. The zero-order valence-corrected chi connectivity index (χ0v) is 8.66. The summed E-state index contributed by atoms with van der Waals surface area (Å²) in [5.74, 6) is 0. The van der Waals surface area contributed by atoms with E-state index in [1.54, 1.807) is 0 Å². The van der Waals surface area contributed by atoms with Gasteiger partial charge in [0, 0.05) is 14.6 Å². The van der Waals surface area contributed by atoms with Gasteiger partial charge in [0.15, 0.2) is 0 Å². The minimum atomic E-state index is 0.815. The average molecular weight is 265 g/mol. The van der Waals surface area contributed by atoms with Gasteiger partial charge in [-0.2, -0.15) is 0 Å². The number of anilines is 1. The summed E-state index contributed by atoms with van der Waals surface area (Å²) < 4.78 is 2.08. The van der Waals surface area contributed by atoms with Crippen LogP contribution in [0.25, 0.3) is 0 Å². The van der Waals surface area contributed by atoms with Gasteiger partial charge >= 0.3 is 0 Å². The first-order valence-corrected chi connectivity index (χ1v) is 4.41. The van der Waals surface area contributed by atoms with E-state index in [0.29, 0.717) is 0 Å². The van der Waals surface area contributed by atoms with Crippen molar-refractivity contribution in [3.63, 3.8) is 0 Å². The maximum absolute atomic E-state index is 5.64. The molecule has 1 nitrogen and oxygen atoms in total. The Morgan fingerprint density at radius 1 is 1.30 bits per heavy atom. The average Bonchev–Trinajstić information content (AvgIpc) is 1.93. The van der Waals surface area contributed by atoms with Gasteiger partial charge in [-0.15, -0.1) is 0 Å². The lowest BCUT2D eigenvalue weighted by Crippen LogP contribution is -1.89. The van der Waals surface area contributed by atoms with E-state index in [2.05, 4.69) is 31.9 Å². The van der Waals surface area contributed by atoms with Gasteiger partial charge in [-0.05, 0) is 56.5 Å². The first-order chi connectivity index (χ1) is 4.63. The Morgan fingerprint density at radius 2 is 1.90 bits per heavy atom. The van der Waals surface area contributed by atoms with Crippen LogP contribution in [0.3, 0.4) is 0 Å². The van der Waals surface area contributed by atoms with Crippen molar-refractivity contribution in [2.75, 3.05) is 5.73 Å². The van der Waals surface area contributed by atoms with Crippen molar-refractivity contribution >= 4 is 37.5 Å². The first-order valence-electron chi connectivity index (χ1n) is 2.83. The molecule has 0 aromatic heterocycles. The van der Waals surface area contributed by atoms with Crippen LogP contribution >= 0.6 is 31.9 Å². The molecule has 0 fully saturated rings. The molecule has 0 saturated carbocycles. The second-order valence-corrected chi connectivity index (χ2v) is 3.72. The lowest BCUT2D eigenvalue weighted by atomic mass is 10.2. The van der Waals surface area contributed by atoms with Gasteiger partial charge in [0.1, 0.15) is 0 Å². The summed E-state index contributed by atoms with van der Waals surface area (Å²) in [7, 11) is 0. The molecule has 0 spiro atoms. The Bertz CT molecular complexity index is 231. The molecular weight excluding hydrogens is 258 g/mol. The van der Waals surface area contributed by atoms with Crippen molar-refractivity contribution in [2.45, 2.75) is 6.92 Å². The third-order valence-corrected chi connectivity index (χ3v) is 3.60. The minimum absolute atomic E-state index is 0.815. The highest BCUT2D eigenvalue weighted by Crippen LogP contribution is 2.29. The summed E-state index contributed by atoms with van der Waals surface area (Å²) in [6, 6.07) is 3.80. The van der Waals surface area contributed by atoms with Gasteiger partial charge < -0.3 is 5.73 Å². The summed E-state index contributed by atoms with van der Waals surface area (Å²) in [6.45, 7) is 1.98. The van der Waals surface area contributed by atoms with Crippen molar-refractivity contribution in [3.8, 4) is 0 Å². The largest absolute Gasteiger partial charge is 0.398 e. The molecule has 0 unspecified atom stereocenters. The number of benzene rings is 1. The van der Waals surface area contributed by atoms with Crippen molar-refractivity contribution in [2.24, 2.45) is 0 Å². The SMILES string of the molecule is Cc1c(N)ccc(Br)c1Br. The maximum atomic E-state index is 5.64. The molecule has 0 aliphatic heterocycles. The third-order valence-electron chi connectivity index (χ3n) is 1.38. The number of hydrogen-bond acceptors (Lipinski definition) is 1. The van der Waals surface area contributed by atoms with Gasteiger partial charge in [-0.3, -0.25) is 0 Å². The van der Waals surface area contributed by atoms with Crippen molar-refractivity contribution in [1.29, 1.82) is 0 Å². The summed E-state index contributed by atoms with van der Waals surface area (Å²) in [6.07, 6.45) is 0. The van der Waals surface area contributed by atoms with E-state index in [-0.39, 0.29) is 0 Å². The zero-order valence-electron chi connectivity index (χ0n) is 5.49. The van der Waals surface area contributed by atoms with Gasteiger partial charge in [0.25, 0.3) is 0 Å². The Balaban J connectivity index is 3.34. The van der Waals surface area contributed by atoms with Crippen molar-refractivity contribution < 1.29 is 0 Å². The van der Waals surface area contributed by atoms with Gasteiger partial charge in [-0.1, -0.05) is 0 Å². The van der Waals surface area contributed by atoms with Crippen LogP contribution in [0.2, 0.25) is 0 Å². The van der Waals surface area contributed by atoms with Crippen LogP contribution in [0, 0.1) is 6.92 Å². The van der Waals surface area contributed by atoms with Crippen LogP contribution in [0.15, 0.2) is 21.1 Å². The molecule has 54 valence electrons. The fourth-order valence-electron chi connectivity index (χ4n) is 0.667. The van der Waals surface area contributed by atoms with Crippen LogP contribution in [-0.2, 0) is 0 Å². The summed E-state index contributed by atoms with van der Waals surface area (Å²) in [4.78, 5) is 0. The van der Waals surface area contributed by atoms with Gasteiger partial charge in [0.2, 0.25) is 0 Å².